The molecule has 0 bridgehead atoms. The first-order chi connectivity index (χ1) is 6.79. The number of hydrogen-bond acceptors (Lipinski definition) is 2. The van der Waals surface area contributed by atoms with Gasteiger partial charge in [0, 0.05) is 5.56 Å². The molecule has 2 rings (SSSR count). The monoisotopic (exact) mass is 192 g/mol. The molecule has 1 saturated carbocycles. The molecular weight excluding hydrogens is 176 g/mol. The molecule has 14 heavy (non-hydrogen) atoms. The summed E-state index contributed by atoms with van der Waals surface area (Å²) in [4.78, 5) is 0. The van der Waals surface area contributed by atoms with Crippen molar-refractivity contribution in [2.75, 3.05) is 0 Å². The van der Waals surface area contributed by atoms with Gasteiger partial charge in [-0.2, -0.15) is 0 Å². The molecule has 1 aromatic carbocycles. The molecule has 1 aliphatic carbocycles. The fraction of sp³-hybridized carbons (Fsp3) is 0.500. The lowest BCUT2D eigenvalue weighted by molar-refractivity contribution is 0.381. The maximum absolute atomic E-state index is 9.70. The number of aromatic hydroxyl groups is 2. The molecule has 0 radical (unpaired) electrons. The second-order valence-electron chi connectivity index (χ2n) is 4.05. The van der Waals surface area contributed by atoms with Crippen LogP contribution in [0.25, 0.3) is 0 Å². The van der Waals surface area contributed by atoms with Crippen molar-refractivity contribution in [1.29, 1.82) is 0 Å². The topological polar surface area (TPSA) is 40.5 Å². The highest BCUT2D eigenvalue weighted by Gasteiger charge is 2.19. The van der Waals surface area contributed by atoms with Gasteiger partial charge in [0.05, 0.1) is 0 Å². The largest absolute Gasteiger partial charge is 0.504 e. The zero-order valence-corrected chi connectivity index (χ0v) is 8.24. The number of phenolic OH excluding ortho intramolecular Hbond substituents is 2. The smallest absolute Gasteiger partial charge is 0.160 e. The molecule has 0 atom stereocenters. The molecule has 2 heteroatoms. The Hall–Kier alpha value is -1.18. The van der Waals surface area contributed by atoms with Crippen LogP contribution in [0.3, 0.4) is 0 Å². The summed E-state index contributed by atoms with van der Waals surface area (Å²) in [7, 11) is 0. The number of para-hydroxylation sites is 1. The molecular formula is C12H16O2. The average Bonchev–Trinajstić information content (AvgIpc) is 2.23. The number of phenols is 2. The highest BCUT2D eigenvalue weighted by Crippen LogP contribution is 2.40. The molecule has 0 aromatic heterocycles. The molecule has 0 spiro atoms. The van der Waals surface area contributed by atoms with E-state index in [-0.39, 0.29) is 11.5 Å². The van der Waals surface area contributed by atoms with Gasteiger partial charge in [-0.25, -0.2) is 0 Å². The van der Waals surface area contributed by atoms with Gasteiger partial charge in [0.2, 0.25) is 0 Å². The zero-order chi connectivity index (χ0) is 9.97. The predicted molar refractivity (Wildman–Crippen MR) is 55.6 cm³/mol. The Morgan fingerprint density at radius 3 is 2.43 bits per heavy atom. The third-order valence-corrected chi connectivity index (χ3v) is 3.09. The molecule has 2 N–H and O–H groups in total. The maximum Gasteiger partial charge on any atom is 0.160 e. The lowest BCUT2D eigenvalue weighted by atomic mass is 9.83. The van der Waals surface area contributed by atoms with Crippen LogP contribution in [0.2, 0.25) is 0 Å². The summed E-state index contributed by atoms with van der Waals surface area (Å²) in [5, 5.41) is 19.1. The van der Waals surface area contributed by atoms with Crippen molar-refractivity contribution in [3.8, 4) is 11.5 Å². The summed E-state index contributed by atoms with van der Waals surface area (Å²) >= 11 is 0. The minimum atomic E-state index is 0.00748. The SMILES string of the molecule is Oc1cccc(C2CCCCC2)c1O. The van der Waals surface area contributed by atoms with E-state index in [1.165, 1.54) is 25.3 Å². The van der Waals surface area contributed by atoms with Crippen molar-refractivity contribution < 1.29 is 10.2 Å². The van der Waals surface area contributed by atoms with E-state index in [1.807, 2.05) is 6.07 Å². The highest BCUT2D eigenvalue weighted by molar-refractivity contribution is 5.46. The molecule has 76 valence electrons. The van der Waals surface area contributed by atoms with Gasteiger partial charge in [-0.05, 0) is 24.8 Å². The van der Waals surface area contributed by atoms with Crippen LogP contribution in [-0.4, -0.2) is 10.2 Å². The van der Waals surface area contributed by atoms with Gasteiger partial charge in [0.15, 0.2) is 11.5 Å². The van der Waals surface area contributed by atoms with Crippen LogP contribution in [0.5, 0.6) is 11.5 Å². The highest BCUT2D eigenvalue weighted by atomic mass is 16.3. The van der Waals surface area contributed by atoms with Gasteiger partial charge in [-0.3, -0.25) is 0 Å². The summed E-state index contributed by atoms with van der Waals surface area (Å²) in [6.07, 6.45) is 6.05. The van der Waals surface area contributed by atoms with E-state index in [0.717, 1.165) is 18.4 Å². The lowest BCUT2D eigenvalue weighted by Gasteiger charge is -2.22. The van der Waals surface area contributed by atoms with Crippen LogP contribution < -0.4 is 0 Å². The van der Waals surface area contributed by atoms with Crippen molar-refractivity contribution in [3.05, 3.63) is 23.8 Å². The van der Waals surface area contributed by atoms with E-state index in [4.69, 9.17) is 0 Å². The first-order valence-electron chi connectivity index (χ1n) is 5.30. The Labute approximate surface area is 84.2 Å². The van der Waals surface area contributed by atoms with Crippen LogP contribution in [-0.2, 0) is 0 Å². The normalized spacial score (nSPS) is 18.3. The zero-order valence-electron chi connectivity index (χ0n) is 8.24. The molecule has 0 saturated heterocycles. The number of benzene rings is 1. The van der Waals surface area contributed by atoms with Crippen LogP contribution >= 0.6 is 0 Å². The molecule has 0 unspecified atom stereocenters. The molecule has 1 aliphatic rings. The van der Waals surface area contributed by atoms with E-state index in [0.29, 0.717) is 5.92 Å². The molecule has 0 aliphatic heterocycles. The fourth-order valence-electron chi connectivity index (χ4n) is 2.29. The van der Waals surface area contributed by atoms with Crippen LogP contribution in [0.1, 0.15) is 43.6 Å². The second kappa shape index (κ2) is 3.91. The van der Waals surface area contributed by atoms with Crippen molar-refractivity contribution in [1.82, 2.24) is 0 Å². The lowest BCUT2D eigenvalue weighted by Crippen LogP contribution is -2.04. The molecule has 0 amide bonds. The van der Waals surface area contributed by atoms with E-state index in [1.54, 1.807) is 6.07 Å². The van der Waals surface area contributed by atoms with E-state index >= 15 is 0 Å². The van der Waals surface area contributed by atoms with Gasteiger partial charge >= 0.3 is 0 Å². The van der Waals surface area contributed by atoms with Gasteiger partial charge in [-0.1, -0.05) is 31.4 Å². The van der Waals surface area contributed by atoms with Gasteiger partial charge in [0.1, 0.15) is 0 Å². The third-order valence-electron chi connectivity index (χ3n) is 3.09. The minimum Gasteiger partial charge on any atom is -0.504 e. The van der Waals surface area contributed by atoms with E-state index in [2.05, 4.69) is 0 Å². The Morgan fingerprint density at radius 2 is 1.71 bits per heavy atom. The van der Waals surface area contributed by atoms with E-state index < -0.39 is 0 Å². The molecule has 1 fully saturated rings. The van der Waals surface area contributed by atoms with Crippen molar-refractivity contribution in [3.63, 3.8) is 0 Å². The second-order valence-corrected chi connectivity index (χ2v) is 4.05. The summed E-state index contributed by atoms with van der Waals surface area (Å²) in [5.41, 5.74) is 0.921. The first-order valence-corrected chi connectivity index (χ1v) is 5.30. The van der Waals surface area contributed by atoms with Crippen LogP contribution in [0, 0.1) is 0 Å². The standard InChI is InChI=1S/C12H16O2/c13-11-8-4-7-10(12(11)14)9-5-2-1-3-6-9/h4,7-9,13-14H,1-3,5-6H2. The number of rotatable bonds is 1. The van der Waals surface area contributed by atoms with Crippen molar-refractivity contribution >= 4 is 0 Å². The Kier molecular flexibility index (Phi) is 2.62. The van der Waals surface area contributed by atoms with Crippen LogP contribution in [0.15, 0.2) is 18.2 Å². The van der Waals surface area contributed by atoms with E-state index in [9.17, 15) is 10.2 Å². The third kappa shape index (κ3) is 1.69. The summed E-state index contributed by atoms with van der Waals surface area (Å²) < 4.78 is 0. The first kappa shape index (κ1) is 9.38. The van der Waals surface area contributed by atoms with Gasteiger partial charge in [-0.15, -0.1) is 0 Å². The quantitative estimate of drug-likeness (QED) is 0.671. The van der Waals surface area contributed by atoms with Crippen molar-refractivity contribution in [2.45, 2.75) is 38.0 Å². The van der Waals surface area contributed by atoms with Gasteiger partial charge in [0.25, 0.3) is 0 Å². The Morgan fingerprint density at radius 1 is 1.00 bits per heavy atom. The van der Waals surface area contributed by atoms with Gasteiger partial charge < -0.3 is 10.2 Å². The maximum atomic E-state index is 9.70. The summed E-state index contributed by atoms with van der Waals surface area (Å²) in [5.74, 6) is 0.531. The minimum absolute atomic E-state index is 0.00748. The fourth-order valence-corrected chi connectivity index (χ4v) is 2.29. The number of hydrogen-bond donors (Lipinski definition) is 2. The summed E-state index contributed by atoms with van der Waals surface area (Å²) in [6.45, 7) is 0. The molecule has 0 heterocycles. The molecule has 1 aromatic rings. The predicted octanol–water partition coefficient (Wildman–Crippen LogP) is 3.15. The van der Waals surface area contributed by atoms with Crippen LogP contribution in [0.4, 0.5) is 0 Å². The molecule has 2 nitrogen and oxygen atoms in total. The average molecular weight is 192 g/mol. The van der Waals surface area contributed by atoms with Crippen molar-refractivity contribution in [2.24, 2.45) is 0 Å². The summed E-state index contributed by atoms with van der Waals surface area (Å²) in [6, 6.07) is 5.26. The Bertz CT molecular complexity index is 314. The Balaban J connectivity index is 2.26.